The summed E-state index contributed by atoms with van der Waals surface area (Å²) in [4.78, 5) is 42.5. The SMILES string of the molecule is CCC(=O)OC1CCCC(c2cc(Cl)c3[nH]ncc3c2)C1NC(=O)N1CCC(N2Cc3ccccc3NC2=O)CC1. The molecule has 1 aliphatic carbocycles. The topological polar surface area (TPSA) is 120 Å². The normalized spacial score (nSPS) is 23.2. The van der Waals surface area contributed by atoms with Crippen LogP contribution in [0, 0.1) is 0 Å². The van der Waals surface area contributed by atoms with Crippen molar-refractivity contribution >= 4 is 46.2 Å². The molecule has 3 atom stereocenters. The van der Waals surface area contributed by atoms with Gasteiger partial charge in [-0.1, -0.05) is 36.7 Å². The largest absolute Gasteiger partial charge is 0.460 e. The highest BCUT2D eigenvalue weighted by molar-refractivity contribution is 6.35. The van der Waals surface area contributed by atoms with E-state index in [2.05, 4.69) is 20.8 Å². The summed E-state index contributed by atoms with van der Waals surface area (Å²) >= 11 is 6.57. The highest BCUT2D eigenvalue weighted by Gasteiger charge is 2.40. The van der Waals surface area contributed by atoms with E-state index in [1.807, 2.05) is 46.2 Å². The first-order valence-corrected chi connectivity index (χ1v) is 14.8. The number of nitrogens with zero attached hydrogens (tertiary/aromatic N) is 3. The Kier molecular flexibility index (Phi) is 7.75. The van der Waals surface area contributed by atoms with Gasteiger partial charge in [0.2, 0.25) is 0 Å². The van der Waals surface area contributed by atoms with Gasteiger partial charge < -0.3 is 25.2 Å². The van der Waals surface area contributed by atoms with Crippen molar-refractivity contribution in [3.05, 3.63) is 58.7 Å². The zero-order chi connectivity index (χ0) is 28.5. The number of hydrogen-bond acceptors (Lipinski definition) is 5. The molecule has 3 N–H and O–H groups in total. The van der Waals surface area contributed by atoms with E-state index in [9.17, 15) is 14.4 Å². The summed E-state index contributed by atoms with van der Waals surface area (Å²) in [5.41, 5.74) is 3.71. The Bertz CT molecular complexity index is 1450. The maximum absolute atomic E-state index is 13.6. The van der Waals surface area contributed by atoms with Crippen LogP contribution in [0.4, 0.5) is 15.3 Å². The van der Waals surface area contributed by atoms with Gasteiger partial charge in [0.25, 0.3) is 0 Å². The molecule has 3 unspecified atom stereocenters. The molecule has 0 bridgehead atoms. The number of H-pyrrole nitrogens is 1. The van der Waals surface area contributed by atoms with Crippen LogP contribution in [-0.2, 0) is 16.1 Å². The minimum Gasteiger partial charge on any atom is -0.460 e. The number of anilines is 1. The molecule has 0 radical (unpaired) electrons. The number of halogens is 1. The molecule has 41 heavy (non-hydrogen) atoms. The lowest BCUT2D eigenvalue weighted by Crippen LogP contribution is -2.57. The average molecular weight is 579 g/mol. The summed E-state index contributed by atoms with van der Waals surface area (Å²) in [5, 5.41) is 14.7. The summed E-state index contributed by atoms with van der Waals surface area (Å²) in [6, 6.07) is 11.2. The number of aromatic nitrogens is 2. The number of urea groups is 2. The number of ether oxygens (including phenoxy) is 1. The smallest absolute Gasteiger partial charge is 0.322 e. The minimum absolute atomic E-state index is 0.0527. The maximum atomic E-state index is 13.6. The molecule has 3 heterocycles. The third-order valence-corrected chi connectivity index (χ3v) is 9.00. The van der Waals surface area contributed by atoms with E-state index in [0.717, 1.165) is 40.6 Å². The van der Waals surface area contributed by atoms with Crippen LogP contribution >= 0.6 is 11.6 Å². The summed E-state index contributed by atoms with van der Waals surface area (Å²) in [6.07, 6.45) is 5.35. The van der Waals surface area contributed by atoms with Crippen LogP contribution in [0.15, 0.2) is 42.6 Å². The van der Waals surface area contributed by atoms with Crippen molar-refractivity contribution in [2.75, 3.05) is 18.4 Å². The summed E-state index contributed by atoms with van der Waals surface area (Å²) in [7, 11) is 0. The quantitative estimate of drug-likeness (QED) is 0.350. The first-order valence-electron chi connectivity index (χ1n) is 14.4. The van der Waals surface area contributed by atoms with Crippen LogP contribution in [0.5, 0.6) is 0 Å². The molecule has 216 valence electrons. The summed E-state index contributed by atoms with van der Waals surface area (Å²) in [6.45, 7) is 3.40. The molecule has 3 aromatic rings. The number of hydrogen-bond donors (Lipinski definition) is 3. The lowest BCUT2D eigenvalue weighted by Gasteiger charge is -2.42. The predicted octanol–water partition coefficient (Wildman–Crippen LogP) is 5.40. The standard InChI is InChI=1S/C30H35ClN6O4/c1-2-26(38)41-25-9-5-7-22(19-14-20-16-32-35-27(20)23(31)15-19)28(25)34-29(39)36-12-10-21(11-13-36)37-17-18-6-3-4-8-24(18)33-30(37)40/h3-4,6,8,14-16,21-22,25,28H,2,5,7,9-13,17H2,1H3,(H,32,35)(H,33,40)(H,34,39). The van der Waals surface area contributed by atoms with Crippen LogP contribution in [0.3, 0.4) is 0 Å². The van der Waals surface area contributed by atoms with Crippen LogP contribution in [0.2, 0.25) is 5.02 Å². The first-order chi connectivity index (χ1) is 19.9. The lowest BCUT2D eigenvalue weighted by molar-refractivity contribution is -0.151. The van der Waals surface area contributed by atoms with E-state index in [1.54, 1.807) is 13.1 Å². The number of benzene rings is 2. The van der Waals surface area contributed by atoms with Crippen LogP contribution < -0.4 is 10.6 Å². The Hall–Kier alpha value is -3.79. The number of amides is 4. The molecule has 2 aromatic carbocycles. The van der Waals surface area contributed by atoms with Gasteiger partial charge in [-0.2, -0.15) is 5.10 Å². The number of fused-ring (bicyclic) bond motifs is 2. The van der Waals surface area contributed by atoms with E-state index in [-0.39, 0.29) is 36.4 Å². The average Bonchev–Trinajstić information content (AvgIpc) is 3.47. The fraction of sp³-hybridized carbons (Fsp3) is 0.467. The molecule has 6 rings (SSSR count). The molecule has 0 spiro atoms. The molecular formula is C30H35ClN6O4. The van der Waals surface area contributed by atoms with Gasteiger partial charge in [0.1, 0.15) is 6.10 Å². The van der Waals surface area contributed by atoms with Crippen LogP contribution in [0.25, 0.3) is 10.9 Å². The number of carbonyl (C=O) groups excluding carboxylic acids is 3. The van der Waals surface area contributed by atoms with E-state index in [1.165, 1.54) is 0 Å². The molecule has 1 saturated heterocycles. The zero-order valence-electron chi connectivity index (χ0n) is 23.1. The van der Waals surface area contributed by atoms with Crippen molar-refractivity contribution in [2.45, 2.75) is 76.1 Å². The van der Waals surface area contributed by atoms with Gasteiger partial charge in [-0.25, -0.2) is 9.59 Å². The monoisotopic (exact) mass is 578 g/mol. The second-order valence-corrected chi connectivity index (χ2v) is 11.6. The van der Waals surface area contributed by atoms with Crippen molar-refractivity contribution < 1.29 is 19.1 Å². The van der Waals surface area contributed by atoms with Crippen molar-refractivity contribution in [2.24, 2.45) is 0 Å². The van der Waals surface area contributed by atoms with Crippen LogP contribution in [-0.4, -0.2) is 69.3 Å². The number of piperidine rings is 1. The molecule has 2 aliphatic heterocycles. The molecule has 2 fully saturated rings. The van der Waals surface area contributed by atoms with Crippen LogP contribution in [0.1, 0.15) is 62.5 Å². The molecule has 1 saturated carbocycles. The Labute approximate surface area is 243 Å². The summed E-state index contributed by atoms with van der Waals surface area (Å²) < 4.78 is 5.86. The third-order valence-electron chi connectivity index (χ3n) is 8.70. The minimum atomic E-state index is -0.432. The van der Waals surface area contributed by atoms with E-state index < -0.39 is 12.1 Å². The molecule has 1 aromatic heterocycles. The van der Waals surface area contributed by atoms with E-state index in [0.29, 0.717) is 43.9 Å². The maximum Gasteiger partial charge on any atom is 0.322 e. The van der Waals surface area contributed by atoms with E-state index >= 15 is 0 Å². The Morgan fingerprint density at radius 2 is 1.95 bits per heavy atom. The molecule has 3 aliphatic rings. The number of para-hydroxylation sites is 1. The Balaban J connectivity index is 1.16. The van der Waals surface area contributed by atoms with Gasteiger partial charge in [0.15, 0.2) is 0 Å². The number of aromatic amines is 1. The predicted molar refractivity (Wildman–Crippen MR) is 156 cm³/mol. The Morgan fingerprint density at radius 3 is 2.76 bits per heavy atom. The van der Waals surface area contributed by atoms with Crippen molar-refractivity contribution in [1.29, 1.82) is 0 Å². The Morgan fingerprint density at radius 1 is 1.15 bits per heavy atom. The fourth-order valence-corrected chi connectivity index (χ4v) is 6.77. The first kappa shape index (κ1) is 27.4. The highest BCUT2D eigenvalue weighted by Crippen LogP contribution is 2.38. The molecule has 4 amide bonds. The number of likely N-dealkylation sites (tertiary alicyclic amines) is 1. The van der Waals surface area contributed by atoms with Gasteiger partial charge in [-0.05, 0) is 61.4 Å². The fourth-order valence-electron chi connectivity index (χ4n) is 6.49. The number of rotatable bonds is 5. The van der Waals surface area contributed by atoms with Gasteiger partial charge in [0, 0.05) is 49.1 Å². The van der Waals surface area contributed by atoms with Gasteiger partial charge in [-0.15, -0.1) is 0 Å². The second kappa shape index (κ2) is 11.6. The van der Waals surface area contributed by atoms with Crippen molar-refractivity contribution in [3.8, 4) is 0 Å². The third kappa shape index (κ3) is 5.57. The number of nitrogens with one attached hydrogen (secondary N) is 3. The molecular weight excluding hydrogens is 544 g/mol. The number of carbonyl (C=O) groups is 3. The zero-order valence-corrected chi connectivity index (χ0v) is 23.8. The van der Waals surface area contributed by atoms with Crippen molar-refractivity contribution in [1.82, 2.24) is 25.3 Å². The van der Waals surface area contributed by atoms with Gasteiger partial charge in [-0.3, -0.25) is 9.89 Å². The highest BCUT2D eigenvalue weighted by atomic mass is 35.5. The summed E-state index contributed by atoms with van der Waals surface area (Å²) in [5.74, 6) is -0.353. The van der Waals surface area contributed by atoms with E-state index in [4.69, 9.17) is 16.3 Å². The number of esters is 1. The lowest BCUT2D eigenvalue weighted by atomic mass is 9.78. The molecule has 10 nitrogen and oxygen atoms in total. The van der Waals surface area contributed by atoms with Gasteiger partial charge in [0.05, 0.1) is 22.8 Å². The second-order valence-electron chi connectivity index (χ2n) is 11.2. The van der Waals surface area contributed by atoms with Crippen molar-refractivity contribution in [3.63, 3.8) is 0 Å². The molecule has 11 heteroatoms. The van der Waals surface area contributed by atoms with Gasteiger partial charge >= 0.3 is 18.0 Å².